The van der Waals surface area contributed by atoms with Gasteiger partial charge in [-0.15, -0.1) is 0 Å². The molecule has 1 saturated carbocycles. The minimum Gasteiger partial charge on any atom is -0.487 e. The van der Waals surface area contributed by atoms with Gasteiger partial charge in [0.2, 0.25) is 0 Å². The number of benzene rings is 1. The Morgan fingerprint density at radius 3 is 2.70 bits per heavy atom. The van der Waals surface area contributed by atoms with Gasteiger partial charge in [-0.3, -0.25) is 0 Å². The summed E-state index contributed by atoms with van der Waals surface area (Å²) >= 11 is 0. The first-order valence-electron chi connectivity index (χ1n) is 8.00. The SMILES string of the molecule is NC1CC2(CCN(CC3CC3)CC2)Oc2ccccc21. The van der Waals surface area contributed by atoms with E-state index in [2.05, 4.69) is 23.1 Å². The highest BCUT2D eigenvalue weighted by Gasteiger charge is 2.42. The summed E-state index contributed by atoms with van der Waals surface area (Å²) in [4.78, 5) is 2.62. The van der Waals surface area contributed by atoms with E-state index in [9.17, 15) is 0 Å². The van der Waals surface area contributed by atoms with Gasteiger partial charge in [0.05, 0.1) is 0 Å². The molecule has 1 spiro atoms. The predicted octanol–water partition coefficient (Wildman–Crippen LogP) is 2.71. The van der Waals surface area contributed by atoms with E-state index in [0.717, 1.165) is 30.9 Å². The molecule has 1 aromatic rings. The number of rotatable bonds is 2. The molecule has 0 amide bonds. The van der Waals surface area contributed by atoms with E-state index >= 15 is 0 Å². The molecule has 1 atom stereocenters. The zero-order valence-corrected chi connectivity index (χ0v) is 12.1. The quantitative estimate of drug-likeness (QED) is 0.899. The minimum atomic E-state index is -0.00613. The molecule has 1 aliphatic carbocycles. The van der Waals surface area contributed by atoms with E-state index in [1.807, 2.05) is 6.07 Å². The minimum absolute atomic E-state index is 0.00613. The van der Waals surface area contributed by atoms with Crippen molar-refractivity contribution in [3.63, 3.8) is 0 Å². The molecule has 20 heavy (non-hydrogen) atoms. The summed E-state index contributed by atoms with van der Waals surface area (Å²) < 4.78 is 6.39. The van der Waals surface area contributed by atoms with E-state index in [1.165, 1.54) is 38.0 Å². The van der Waals surface area contributed by atoms with Crippen molar-refractivity contribution < 1.29 is 4.74 Å². The van der Waals surface area contributed by atoms with Crippen LogP contribution < -0.4 is 10.5 Å². The Labute approximate surface area is 121 Å². The molecule has 2 aliphatic heterocycles. The fourth-order valence-corrected chi connectivity index (χ4v) is 3.78. The van der Waals surface area contributed by atoms with Gasteiger partial charge in [0.25, 0.3) is 0 Å². The van der Waals surface area contributed by atoms with Gasteiger partial charge in [0.15, 0.2) is 0 Å². The summed E-state index contributed by atoms with van der Waals surface area (Å²) in [6, 6.07) is 8.42. The molecule has 1 unspecified atom stereocenters. The zero-order valence-electron chi connectivity index (χ0n) is 12.1. The van der Waals surface area contributed by atoms with Crippen LogP contribution in [0.3, 0.4) is 0 Å². The molecular weight excluding hydrogens is 248 g/mol. The maximum atomic E-state index is 6.39. The van der Waals surface area contributed by atoms with Gasteiger partial charge < -0.3 is 15.4 Å². The van der Waals surface area contributed by atoms with Crippen LogP contribution in [0.1, 0.15) is 43.7 Å². The molecule has 3 heteroatoms. The van der Waals surface area contributed by atoms with Gasteiger partial charge in [0, 0.05) is 37.7 Å². The van der Waals surface area contributed by atoms with E-state index in [4.69, 9.17) is 10.5 Å². The van der Waals surface area contributed by atoms with Crippen molar-refractivity contribution in [2.24, 2.45) is 11.7 Å². The summed E-state index contributed by atoms with van der Waals surface area (Å²) in [6.07, 6.45) is 6.11. The molecule has 0 bridgehead atoms. The second-order valence-corrected chi connectivity index (χ2v) is 6.88. The topological polar surface area (TPSA) is 38.5 Å². The van der Waals surface area contributed by atoms with Crippen molar-refractivity contribution in [3.8, 4) is 5.75 Å². The third-order valence-electron chi connectivity index (χ3n) is 5.22. The largest absolute Gasteiger partial charge is 0.487 e. The lowest BCUT2D eigenvalue weighted by atomic mass is 9.81. The lowest BCUT2D eigenvalue weighted by Crippen LogP contribution is -2.51. The molecule has 3 nitrogen and oxygen atoms in total. The van der Waals surface area contributed by atoms with Crippen LogP contribution in [-0.4, -0.2) is 30.1 Å². The number of para-hydroxylation sites is 1. The Balaban J connectivity index is 1.47. The number of piperidine rings is 1. The molecule has 0 aromatic heterocycles. The van der Waals surface area contributed by atoms with Gasteiger partial charge in [-0.25, -0.2) is 0 Å². The van der Waals surface area contributed by atoms with Crippen LogP contribution >= 0.6 is 0 Å². The third-order valence-corrected chi connectivity index (χ3v) is 5.22. The molecule has 1 saturated heterocycles. The first-order valence-corrected chi connectivity index (χ1v) is 8.00. The predicted molar refractivity (Wildman–Crippen MR) is 79.7 cm³/mol. The Bertz CT molecular complexity index is 490. The fourth-order valence-electron chi connectivity index (χ4n) is 3.78. The van der Waals surface area contributed by atoms with Gasteiger partial charge >= 0.3 is 0 Å². The van der Waals surface area contributed by atoms with Crippen LogP contribution in [-0.2, 0) is 0 Å². The fraction of sp³-hybridized carbons (Fsp3) is 0.647. The molecule has 2 fully saturated rings. The maximum Gasteiger partial charge on any atom is 0.124 e. The van der Waals surface area contributed by atoms with Crippen LogP contribution in [0, 0.1) is 5.92 Å². The summed E-state index contributed by atoms with van der Waals surface area (Å²) in [7, 11) is 0. The van der Waals surface area contributed by atoms with E-state index in [1.54, 1.807) is 0 Å². The number of ether oxygens (including phenoxy) is 1. The normalized spacial score (nSPS) is 28.9. The summed E-state index contributed by atoms with van der Waals surface area (Å²) in [5, 5.41) is 0. The molecule has 0 radical (unpaired) electrons. The summed E-state index contributed by atoms with van der Waals surface area (Å²) in [6.45, 7) is 3.65. The van der Waals surface area contributed by atoms with Crippen molar-refractivity contribution in [2.45, 2.75) is 43.7 Å². The maximum absolute atomic E-state index is 6.39. The average Bonchev–Trinajstić information content (AvgIpc) is 3.26. The van der Waals surface area contributed by atoms with Crippen molar-refractivity contribution in [1.82, 2.24) is 4.90 Å². The van der Waals surface area contributed by atoms with Gasteiger partial charge in [-0.2, -0.15) is 0 Å². The molecule has 4 rings (SSSR count). The number of likely N-dealkylation sites (tertiary alicyclic amines) is 1. The van der Waals surface area contributed by atoms with Crippen molar-refractivity contribution in [3.05, 3.63) is 29.8 Å². The number of nitrogens with zero attached hydrogens (tertiary/aromatic N) is 1. The van der Waals surface area contributed by atoms with E-state index in [0.29, 0.717) is 0 Å². The molecule has 2 N–H and O–H groups in total. The Kier molecular flexibility index (Phi) is 3.00. The molecule has 3 aliphatic rings. The van der Waals surface area contributed by atoms with E-state index < -0.39 is 0 Å². The van der Waals surface area contributed by atoms with Gasteiger partial charge in [0.1, 0.15) is 11.4 Å². The first kappa shape index (κ1) is 12.7. The number of fused-ring (bicyclic) bond motifs is 1. The summed E-state index contributed by atoms with van der Waals surface area (Å²) in [5.41, 5.74) is 7.56. The Morgan fingerprint density at radius 2 is 1.95 bits per heavy atom. The molecule has 2 heterocycles. The van der Waals surface area contributed by atoms with Gasteiger partial charge in [-0.05, 0) is 37.7 Å². The van der Waals surface area contributed by atoms with Crippen molar-refractivity contribution in [1.29, 1.82) is 0 Å². The highest BCUT2D eigenvalue weighted by atomic mass is 16.5. The molecular formula is C17H24N2O. The monoisotopic (exact) mass is 272 g/mol. The number of nitrogens with two attached hydrogens (primary N) is 1. The second-order valence-electron chi connectivity index (χ2n) is 6.88. The van der Waals surface area contributed by atoms with Gasteiger partial charge in [-0.1, -0.05) is 18.2 Å². The van der Waals surface area contributed by atoms with Crippen LogP contribution in [0.5, 0.6) is 5.75 Å². The number of hydrogen-bond acceptors (Lipinski definition) is 3. The average molecular weight is 272 g/mol. The molecule has 108 valence electrons. The third kappa shape index (κ3) is 2.33. The van der Waals surface area contributed by atoms with Crippen molar-refractivity contribution >= 4 is 0 Å². The van der Waals surface area contributed by atoms with Crippen LogP contribution in [0.15, 0.2) is 24.3 Å². The van der Waals surface area contributed by atoms with Crippen LogP contribution in [0.4, 0.5) is 0 Å². The standard InChI is InChI=1S/C17H24N2O/c18-15-11-17(20-16-4-2-1-3-14(15)16)7-9-19(10-8-17)12-13-5-6-13/h1-4,13,15H,5-12,18H2. The van der Waals surface area contributed by atoms with Crippen molar-refractivity contribution in [2.75, 3.05) is 19.6 Å². The Morgan fingerprint density at radius 1 is 1.20 bits per heavy atom. The lowest BCUT2D eigenvalue weighted by molar-refractivity contribution is -0.0224. The zero-order chi connectivity index (χ0) is 13.6. The second kappa shape index (κ2) is 4.74. The summed E-state index contributed by atoms with van der Waals surface area (Å²) in [5.74, 6) is 2.00. The van der Waals surface area contributed by atoms with Crippen LogP contribution in [0.2, 0.25) is 0 Å². The van der Waals surface area contributed by atoms with E-state index in [-0.39, 0.29) is 11.6 Å². The lowest BCUT2D eigenvalue weighted by Gasteiger charge is -2.46. The smallest absolute Gasteiger partial charge is 0.124 e. The first-order chi connectivity index (χ1) is 9.74. The number of hydrogen-bond donors (Lipinski definition) is 1. The highest BCUT2D eigenvalue weighted by molar-refractivity contribution is 5.38. The highest BCUT2D eigenvalue weighted by Crippen LogP contribution is 2.43. The molecule has 1 aromatic carbocycles. The van der Waals surface area contributed by atoms with Crippen LogP contribution in [0.25, 0.3) is 0 Å². The Hall–Kier alpha value is -1.06.